The van der Waals surface area contributed by atoms with Crippen molar-refractivity contribution in [3.05, 3.63) is 63.0 Å². The fraction of sp³-hybridized carbons (Fsp3) is 0.568. The molecule has 0 radical (unpaired) electrons. The van der Waals surface area contributed by atoms with Gasteiger partial charge in [-0.05, 0) is 117 Å². The Morgan fingerprint density at radius 1 is 0.839 bits per heavy atom. The van der Waals surface area contributed by atoms with Crippen molar-refractivity contribution in [2.75, 3.05) is 39.3 Å². The van der Waals surface area contributed by atoms with E-state index in [9.17, 15) is 45.4 Å². The van der Waals surface area contributed by atoms with Crippen LogP contribution in [-0.2, 0) is 27.2 Å². The van der Waals surface area contributed by atoms with E-state index in [1.165, 1.54) is 44.6 Å². The highest BCUT2D eigenvalue weighted by atomic mass is 32.1. The second kappa shape index (κ2) is 19.3. The van der Waals surface area contributed by atoms with Gasteiger partial charge in [-0.15, -0.1) is 0 Å². The summed E-state index contributed by atoms with van der Waals surface area (Å²) in [5.41, 5.74) is 2.80. The molecule has 4 saturated carbocycles. The summed E-state index contributed by atoms with van der Waals surface area (Å²) in [5, 5.41) is 31.2. The van der Waals surface area contributed by atoms with Gasteiger partial charge in [0.05, 0.1) is 4.70 Å². The number of fused-ring (bicyclic) bond motifs is 1. The number of alkyl halides is 6. The first-order valence-electron chi connectivity index (χ1n) is 18.1. The first-order valence-corrected chi connectivity index (χ1v) is 18.9. The number of halogens is 7. The third-order valence-electron chi connectivity index (χ3n) is 10.3. The third-order valence-corrected chi connectivity index (χ3v) is 11.3. The number of nitrogens with zero attached hydrogens (tertiary/aromatic N) is 1. The van der Waals surface area contributed by atoms with E-state index in [0.717, 1.165) is 77.4 Å². The maximum absolute atomic E-state index is 13.6. The lowest BCUT2D eigenvalue weighted by molar-refractivity contribution is -0.193. The topological polar surface area (TPSA) is 172 Å². The zero-order valence-electron chi connectivity index (χ0n) is 30.3. The van der Waals surface area contributed by atoms with Crippen LogP contribution in [0.15, 0.2) is 41.2 Å². The van der Waals surface area contributed by atoms with Crippen molar-refractivity contribution < 1.29 is 60.4 Å². The van der Waals surface area contributed by atoms with Gasteiger partial charge in [-0.25, -0.2) is 14.0 Å². The van der Waals surface area contributed by atoms with Gasteiger partial charge in [-0.2, -0.15) is 26.3 Å². The number of nitrogens with one attached hydrogen (secondary N) is 3. The van der Waals surface area contributed by atoms with Crippen LogP contribution in [0.1, 0.15) is 56.1 Å². The van der Waals surface area contributed by atoms with Gasteiger partial charge in [0, 0.05) is 32.6 Å². The van der Waals surface area contributed by atoms with Gasteiger partial charge >= 0.3 is 29.2 Å². The number of carboxylic acids is 2. The predicted molar refractivity (Wildman–Crippen MR) is 193 cm³/mol. The lowest BCUT2D eigenvalue weighted by Crippen LogP contribution is -2.53. The number of carbonyl (C=O) groups excluding carboxylic acids is 1. The van der Waals surface area contributed by atoms with Crippen molar-refractivity contribution in [2.24, 2.45) is 23.2 Å². The molecule has 0 atom stereocenters. The van der Waals surface area contributed by atoms with E-state index in [-0.39, 0.29) is 22.3 Å². The summed E-state index contributed by atoms with van der Waals surface area (Å²) in [6.07, 6.45) is -0.218. The van der Waals surface area contributed by atoms with Crippen LogP contribution in [0, 0.1) is 29.0 Å². The second-order valence-electron chi connectivity index (χ2n) is 14.7. The predicted octanol–water partition coefficient (Wildman–Crippen LogP) is 6.10. The number of phenols is 1. The summed E-state index contributed by atoms with van der Waals surface area (Å²) >= 11 is 1.13. The van der Waals surface area contributed by atoms with Crippen LogP contribution in [0.25, 0.3) is 10.2 Å². The van der Waals surface area contributed by atoms with Crippen molar-refractivity contribution in [1.82, 2.24) is 20.5 Å². The molecular formula is C37H45F7N4O7S. The SMILES string of the molecule is O=C(CCNCCc1cccc(F)c1)N(CCNCCc1ccc(O)c2[nH]c(=O)sc12)CC12CC3CC(CC(C3)C1)C2.O=C(O)C(F)(F)F.O=C(O)C(F)(F)F. The number of aromatic amines is 1. The minimum Gasteiger partial charge on any atom is -0.506 e. The zero-order valence-corrected chi connectivity index (χ0v) is 31.1. The Morgan fingerprint density at radius 2 is 1.39 bits per heavy atom. The molecule has 0 unspecified atom stereocenters. The molecule has 0 spiro atoms. The minimum atomic E-state index is -5.08. The molecule has 4 aliphatic carbocycles. The number of rotatable bonds is 14. The number of hydrogen-bond donors (Lipinski definition) is 6. The van der Waals surface area contributed by atoms with Crippen LogP contribution in [0.5, 0.6) is 5.75 Å². The van der Waals surface area contributed by atoms with Gasteiger partial charge in [0.2, 0.25) is 5.91 Å². The Hall–Kier alpha value is -4.23. The maximum atomic E-state index is 13.6. The van der Waals surface area contributed by atoms with E-state index in [4.69, 9.17) is 19.8 Å². The van der Waals surface area contributed by atoms with Crippen LogP contribution in [0.4, 0.5) is 30.7 Å². The van der Waals surface area contributed by atoms with Crippen molar-refractivity contribution in [3.63, 3.8) is 0 Å². The van der Waals surface area contributed by atoms with Crippen molar-refractivity contribution in [2.45, 2.75) is 70.1 Å². The number of hydrogen-bond acceptors (Lipinski definition) is 8. The fourth-order valence-electron chi connectivity index (χ4n) is 8.42. The molecule has 1 heterocycles. The molecule has 4 bridgehead atoms. The van der Waals surface area contributed by atoms with Gasteiger partial charge in [0.25, 0.3) is 0 Å². The Bertz CT molecular complexity index is 1810. The van der Waals surface area contributed by atoms with Gasteiger partial charge in [0.15, 0.2) is 0 Å². The summed E-state index contributed by atoms with van der Waals surface area (Å²) in [5.74, 6) is -2.87. The molecule has 6 N–H and O–H groups in total. The standard InChI is InChI=1S/C33H43FN4O3S.2C2HF3O2/c34-27-3-1-2-22(17-27)6-9-35-11-8-29(40)38(21-33-18-23-14-24(19-33)16-25(15-23)20-33)13-12-36-10-7-26-4-5-28(39)30-31(26)42-32(41)37-30;2*3-2(4,5)1(6)7/h1-5,17,23-25,35-36,39H,6-16,18-21H2,(H,37,41);2*(H,6,7). The first-order chi connectivity index (χ1) is 26.2. The number of aliphatic carboxylic acids is 2. The Labute approximate surface area is 321 Å². The smallest absolute Gasteiger partial charge is 0.490 e. The molecule has 0 aliphatic heterocycles. The van der Waals surface area contributed by atoms with E-state index >= 15 is 0 Å². The number of H-pyrrole nitrogens is 1. The van der Waals surface area contributed by atoms with Crippen molar-refractivity contribution >= 4 is 39.4 Å². The maximum Gasteiger partial charge on any atom is 0.490 e. The van der Waals surface area contributed by atoms with Crippen LogP contribution in [0.3, 0.4) is 0 Å². The summed E-state index contributed by atoms with van der Waals surface area (Å²) in [7, 11) is 0. The van der Waals surface area contributed by atoms with Gasteiger partial charge < -0.3 is 35.8 Å². The molecule has 7 rings (SSSR count). The molecule has 0 saturated heterocycles. The van der Waals surface area contributed by atoms with E-state index in [1.807, 2.05) is 12.1 Å². The van der Waals surface area contributed by atoms with E-state index in [2.05, 4.69) is 20.5 Å². The largest absolute Gasteiger partial charge is 0.506 e. The van der Waals surface area contributed by atoms with E-state index in [0.29, 0.717) is 37.0 Å². The number of benzene rings is 2. The Kier molecular flexibility index (Phi) is 15.3. The summed E-state index contributed by atoms with van der Waals surface area (Å²) < 4.78 is 77.7. The highest BCUT2D eigenvalue weighted by molar-refractivity contribution is 7.16. The number of aromatic hydroxyl groups is 1. The van der Waals surface area contributed by atoms with Gasteiger partial charge in [-0.1, -0.05) is 29.5 Å². The fourth-order valence-corrected chi connectivity index (χ4v) is 9.31. The molecule has 310 valence electrons. The highest BCUT2D eigenvalue weighted by Crippen LogP contribution is 2.60. The molecule has 2 aromatic carbocycles. The summed E-state index contributed by atoms with van der Waals surface area (Å²) in [4.78, 5) is 47.9. The van der Waals surface area contributed by atoms with E-state index < -0.39 is 24.3 Å². The lowest BCUT2D eigenvalue weighted by Gasteiger charge is -2.58. The summed E-state index contributed by atoms with van der Waals surface area (Å²) in [6, 6.07) is 10.2. The third kappa shape index (κ3) is 13.2. The quantitative estimate of drug-likeness (QED) is 0.0831. The minimum absolute atomic E-state index is 0.0994. The molecule has 4 aliphatic rings. The number of carboxylic acid groups (broad SMARTS) is 2. The molecule has 4 fully saturated rings. The average Bonchev–Trinajstić information content (AvgIpc) is 3.50. The molecule has 56 heavy (non-hydrogen) atoms. The highest BCUT2D eigenvalue weighted by Gasteiger charge is 2.51. The monoisotopic (exact) mass is 822 g/mol. The second-order valence-corrected chi connectivity index (χ2v) is 15.7. The molecule has 1 aromatic heterocycles. The average molecular weight is 823 g/mol. The number of thiazole rings is 1. The van der Waals surface area contributed by atoms with Crippen LogP contribution in [-0.4, -0.2) is 94.7 Å². The summed E-state index contributed by atoms with van der Waals surface area (Å²) in [6.45, 7) is 4.34. The molecule has 19 heteroatoms. The van der Waals surface area contributed by atoms with Gasteiger partial charge in [0.1, 0.15) is 17.1 Å². The molecule has 1 amide bonds. The van der Waals surface area contributed by atoms with Crippen LogP contribution in [0.2, 0.25) is 0 Å². The van der Waals surface area contributed by atoms with Crippen molar-refractivity contribution in [1.29, 1.82) is 0 Å². The Morgan fingerprint density at radius 3 is 1.95 bits per heavy atom. The lowest BCUT2D eigenvalue weighted by atomic mass is 9.49. The van der Waals surface area contributed by atoms with Crippen LogP contribution < -0.4 is 15.5 Å². The van der Waals surface area contributed by atoms with Gasteiger partial charge in [-0.3, -0.25) is 9.59 Å². The normalized spacial score (nSPS) is 21.2. The molecule has 11 nitrogen and oxygen atoms in total. The number of aromatic nitrogens is 1. The number of amides is 1. The molecular weight excluding hydrogens is 777 g/mol. The number of phenolic OH excluding ortho intramolecular Hbond substituents is 1. The Balaban J connectivity index is 0.000000425. The number of carbonyl (C=O) groups is 3. The van der Waals surface area contributed by atoms with Crippen LogP contribution >= 0.6 is 11.3 Å². The van der Waals surface area contributed by atoms with Crippen molar-refractivity contribution in [3.8, 4) is 5.75 Å². The van der Waals surface area contributed by atoms with E-state index in [1.54, 1.807) is 18.2 Å². The molecule has 3 aromatic rings. The first kappa shape index (κ1) is 44.5. The zero-order chi connectivity index (χ0) is 41.3.